The van der Waals surface area contributed by atoms with Crippen molar-refractivity contribution in [2.24, 2.45) is 0 Å². The van der Waals surface area contributed by atoms with Crippen LogP contribution >= 0.6 is 15.9 Å². The van der Waals surface area contributed by atoms with Crippen molar-refractivity contribution in [1.82, 2.24) is 0 Å². The molecule has 2 N–H and O–H groups in total. The van der Waals surface area contributed by atoms with Crippen LogP contribution in [-0.2, 0) is 0 Å². The van der Waals surface area contributed by atoms with Gasteiger partial charge in [0.15, 0.2) is 0 Å². The van der Waals surface area contributed by atoms with Crippen LogP contribution in [0, 0.1) is 11.9 Å². The SMILES string of the molecule is Nc1[c]cc(Br)cc1F. The molecule has 0 aliphatic heterocycles. The molecule has 0 fully saturated rings. The summed E-state index contributed by atoms with van der Waals surface area (Å²) in [5.74, 6) is -0.440. The second-order valence-electron chi connectivity index (χ2n) is 1.58. The maximum absolute atomic E-state index is 12.4. The highest BCUT2D eigenvalue weighted by atomic mass is 79.9. The van der Waals surface area contributed by atoms with E-state index in [0.717, 1.165) is 0 Å². The summed E-state index contributed by atoms with van der Waals surface area (Å²) in [5, 5.41) is 0. The molecule has 9 heavy (non-hydrogen) atoms. The molecule has 0 saturated carbocycles. The highest BCUT2D eigenvalue weighted by Gasteiger charge is 1.95. The molecule has 0 spiro atoms. The van der Waals surface area contributed by atoms with Crippen LogP contribution in [0.1, 0.15) is 0 Å². The van der Waals surface area contributed by atoms with E-state index in [2.05, 4.69) is 22.0 Å². The van der Waals surface area contributed by atoms with E-state index in [1.807, 2.05) is 0 Å². The first-order valence-electron chi connectivity index (χ1n) is 2.32. The third-order valence-electron chi connectivity index (χ3n) is 0.887. The summed E-state index contributed by atoms with van der Waals surface area (Å²) in [5.41, 5.74) is 5.19. The van der Waals surface area contributed by atoms with E-state index < -0.39 is 5.82 Å². The smallest absolute Gasteiger partial charge is 0.147 e. The first-order valence-corrected chi connectivity index (χ1v) is 3.11. The van der Waals surface area contributed by atoms with Gasteiger partial charge < -0.3 is 5.73 Å². The Balaban J connectivity index is 3.17. The van der Waals surface area contributed by atoms with Crippen LogP contribution in [0.4, 0.5) is 10.1 Å². The molecule has 1 nitrogen and oxygen atoms in total. The monoisotopic (exact) mass is 188 g/mol. The van der Waals surface area contributed by atoms with Gasteiger partial charge in [0.05, 0.1) is 5.69 Å². The highest BCUT2D eigenvalue weighted by Crippen LogP contribution is 2.15. The molecule has 0 aliphatic carbocycles. The Kier molecular flexibility index (Phi) is 1.71. The van der Waals surface area contributed by atoms with Gasteiger partial charge in [-0.2, -0.15) is 0 Å². The Labute approximate surface area is 60.8 Å². The minimum absolute atomic E-state index is 0.0539. The zero-order chi connectivity index (χ0) is 6.85. The quantitative estimate of drug-likeness (QED) is 0.620. The van der Waals surface area contributed by atoms with Crippen molar-refractivity contribution in [3.63, 3.8) is 0 Å². The summed E-state index contributed by atoms with van der Waals surface area (Å²) < 4.78 is 13.0. The van der Waals surface area contributed by atoms with Crippen LogP contribution in [0.25, 0.3) is 0 Å². The molecule has 0 aromatic heterocycles. The van der Waals surface area contributed by atoms with Crippen molar-refractivity contribution >= 4 is 21.6 Å². The highest BCUT2D eigenvalue weighted by molar-refractivity contribution is 9.10. The van der Waals surface area contributed by atoms with E-state index >= 15 is 0 Å². The normalized spacial score (nSPS) is 9.56. The largest absolute Gasteiger partial charge is 0.396 e. The molecule has 0 bridgehead atoms. The molecule has 3 heteroatoms. The topological polar surface area (TPSA) is 26.0 Å². The Morgan fingerprint density at radius 3 is 2.78 bits per heavy atom. The van der Waals surface area contributed by atoms with Gasteiger partial charge in [0.25, 0.3) is 0 Å². The number of hydrogen-bond donors (Lipinski definition) is 1. The van der Waals surface area contributed by atoms with Gasteiger partial charge in [-0.15, -0.1) is 0 Å². The van der Waals surface area contributed by atoms with E-state index in [1.54, 1.807) is 6.07 Å². The average Bonchev–Trinajstić information content (AvgIpc) is 1.80. The van der Waals surface area contributed by atoms with Crippen LogP contribution in [0.2, 0.25) is 0 Å². The number of anilines is 1. The maximum Gasteiger partial charge on any atom is 0.147 e. The lowest BCUT2D eigenvalue weighted by Gasteiger charge is -1.93. The fraction of sp³-hybridized carbons (Fsp3) is 0. The van der Waals surface area contributed by atoms with Crippen LogP contribution in [0.3, 0.4) is 0 Å². The minimum Gasteiger partial charge on any atom is -0.396 e. The van der Waals surface area contributed by atoms with Gasteiger partial charge in [0.2, 0.25) is 0 Å². The number of benzene rings is 1. The Bertz CT molecular complexity index is 224. The third kappa shape index (κ3) is 1.42. The second-order valence-corrected chi connectivity index (χ2v) is 2.50. The van der Waals surface area contributed by atoms with Crippen molar-refractivity contribution in [3.05, 3.63) is 28.5 Å². The molecule has 47 valence electrons. The summed E-state index contributed by atoms with van der Waals surface area (Å²) in [4.78, 5) is 0. The average molecular weight is 189 g/mol. The van der Waals surface area contributed by atoms with Crippen LogP contribution in [-0.4, -0.2) is 0 Å². The van der Waals surface area contributed by atoms with E-state index in [4.69, 9.17) is 5.73 Å². The Morgan fingerprint density at radius 1 is 1.67 bits per heavy atom. The van der Waals surface area contributed by atoms with Crippen LogP contribution < -0.4 is 5.73 Å². The molecule has 0 unspecified atom stereocenters. The van der Waals surface area contributed by atoms with E-state index in [-0.39, 0.29) is 5.69 Å². The van der Waals surface area contributed by atoms with Crippen LogP contribution in [0.15, 0.2) is 16.6 Å². The molecule has 0 heterocycles. The number of nitrogen functional groups attached to an aromatic ring is 1. The van der Waals surface area contributed by atoms with Gasteiger partial charge in [0, 0.05) is 10.5 Å². The molecule has 1 rings (SSSR count). The van der Waals surface area contributed by atoms with Crippen molar-refractivity contribution in [1.29, 1.82) is 0 Å². The van der Waals surface area contributed by atoms with Gasteiger partial charge >= 0.3 is 0 Å². The lowest BCUT2D eigenvalue weighted by atomic mass is 10.3. The summed E-state index contributed by atoms with van der Waals surface area (Å²) in [7, 11) is 0. The summed E-state index contributed by atoms with van der Waals surface area (Å²) in [6.07, 6.45) is 0. The van der Waals surface area contributed by atoms with Gasteiger partial charge in [-0.3, -0.25) is 0 Å². The predicted octanol–water partition coefficient (Wildman–Crippen LogP) is 1.97. The molecule has 0 amide bonds. The molecule has 1 aromatic carbocycles. The molecule has 1 radical (unpaired) electrons. The molecule has 0 saturated heterocycles. The Hall–Kier alpha value is -0.570. The third-order valence-corrected chi connectivity index (χ3v) is 1.35. The fourth-order valence-electron chi connectivity index (χ4n) is 0.456. The van der Waals surface area contributed by atoms with E-state index in [0.29, 0.717) is 4.47 Å². The van der Waals surface area contributed by atoms with Gasteiger partial charge in [-0.05, 0) is 12.1 Å². The van der Waals surface area contributed by atoms with Gasteiger partial charge in [-0.1, -0.05) is 15.9 Å². The standard InChI is InChI=1S/C6H4BrFN/c7-4-1-2-6(9)5(8)3-4/h1,3H,9H2. The molecule has 0 atom stereocenters. The lowest BCUT2D eigenvalue weighted by Crippen LogP contribution is -1.88. The molecule has 0 aliphatic rings. The van der Waals surface area contributed by atoms with E-state index in [1.165, 1.54) is 6.07 Å². The maximum atomic E-state index is 12.4. The van der Waals surface area contributed by atoms with Gasteiger partial charge in [-0.25, -0.2) is 4.39 Å². The van der Waals surface area contributed by atoms with E-state index in [9.17, 15) is 4.39 Å². The zero-order valence-corrected chi connectivity index (χ0v) is 6.07. The Morgan fingerprint density at radius 2 is 2.33 bits per heavy atom. The van der Waals surface area contributed by atoms with Crippen molar-refractivity contribution in [2.45, 2.75) is 0 Å². The van der Waals surface area contributed by atoms with Crippen molar-refractivity contribution < 1.29 is 4.39 Å². The number of hydrogen-bond acceptors (Lipinski definition) is 1. The minimum atomic E-state index is -0.440. The summed E-state index contributed by atoms with van der Waals surface area (Å²) in [6.45, 7) is 0. The zero-order valence-electron chi connectivity index (χ0n) is 4.49. The number of halogens is 2. The second kappa shape index (κ2) is 2.35. The van der Waals surface area contributed by atoms with Crippen molar-refractivity contribution in [2.75, 3.05) is 5.73 Å². The summed E-state index contributed by atoms with van der Waals surface area (Å²) >= 11 is 3.07. The first kappa shape index (κ1) is 6.55. The summed E-state index contributed by atoms with van der Waals surface area (Å²) in [6, 6.07) is 5.39. The first-order chi connectivity index (χ1) is 4.20. The molecule has 1 aromatic rings. The predicted molar refractivity (Wildman–Crippen MR) is 37.3 cm³/mol. The van der Waals surface area contributed by atoms with Crippen LogP contribution in [0.5, 0.6) is 0 Å². The number of rotatable bonds is 0. The number of nitrogens with two attached hydrogens (primary N) is 1. The molecular weight excluding hydrogens is 185 g/mol. The van der Waals surface area contributed by atoms with Gasteiger partial charge in [0.1, 0.15) is 5.82 Å². The lowest BCUT2D eigenvalue weighted by molar-refractivity contribution is 0.631. The molecular formula is C6H4BrFN. The van der Waals surface area contributed by atoms with Crippen molar-refractivity contribution in [3.8, 4) is 0 Å². The fourth-order valence-corrected chi connectivity index (χ4v) is 0.772.